The zero-order chi connectivity index (χ0) is 15.7. The van der Waals surface area contributed by atoms with Gasteiger partial charge in [-0.15, -0.1) is 0 Å². The van der Waals surface area contributed by atoms with Gasteiger partial charge in [0.25, 0.3) is 0 Å². The number of imidazole rings is 1. The van der Waals surface area contributed by atoms with Crippen molar-refractivity contribution in [3.05, 3.63) is 36.1 Å². The fourth-order valence-electron chi connectivity index (χ4n) is 2.57. The number of ether oxygens (including phenoxy) is 1. The highest BCUT2D eigenvalue weighted by Gasteiger charge is 2.30. The van der Waals surface area contributed by atoms with Crippen LogP contribution in [0.2, 0.25) is 0 Å². The van der Waals surface area contributed by atoms with Gasteiger partial charge in [0.2, 0.25) is 5.89 Å². The molecule has 1 saturated heterocycles. The Morgan fingerprint density at radius 2 is 2.18 bits per heavy atom. The van der Waals surface area contributed by atoms with Gasteiger partial charge in [0, 0.05) is 31.4 Å². The summed E-state index contributed by atoms with van der Waals surface area (Å²) in [5.41, 5.74) is 0.965. The van der Waals surface area contributed by atoms with Gasteiger partial charge < -0.3 is 13.7 Å². The quantitative estimate of drug-likeness (QED) is 0.870. The number of aryl methyl sites for hydroxylation is 1. The molecule has 0 radical (unpaired) electrons. The Morgan fingerprint density at radius 3 is 2.82 bits per heavy atom. The molecule has 22 heavy (non-hydrogen) atoms. The molecule has 0 saturated carbocycles. The van der Waals surface area contributed by atoms with E-state index in [-0.39, 0.29) is 11.5 Å². The van der Waals surface area contributed by atoms with Crippen molar-refractivity contribution in [1.29, 1.82) is 0 Å². The summed E-state index contributed by atoms with van der Waals surface area (Å²) in [7, 11) is 2.01. The van der Waals surface area contributed by atoms with Crippen LogP contribution in [0.4, 0.5) is 0 Å². The van der Waals surface area contributed by atoms with Gasteiger partial charge in [0.1, 0.15) is 18.1 Å². The van der Waals surface area contributed by atoms with Crippen molar-refractivity contribution < 1.29 is 9.15 Å². The van der Waals surface area contributed by atoms with E-state index in [1.807, 2.05) is 24.0 Å². The Kier molecular flexibility index (Phi) is 4.06. The highest BCUT2D eigenvalue weighted by molar-refractivity contribution is 5.10. The Hall–Kier alpha value is -1.66. The fraction of sp³-hybridized carbons (Fsp3) is 0.625. The van der Waals surface area contributed by atoms with Crippen molar-refractivity contribution in [3.63, 3.8) is 0 Å². The molecular weight excluding hydrogens is 280 g/mol. The molecule has 3 heterocycles. The second-order valence-electron chi connectivity index (χ2n) is 6.84. The topological polar surface area (TPSA) is 56.3 Å². The van der Waals surface area contributed by atoms with Crippen LogP contribution >= 0.6 is 0 Å². The zero-order valence-corrected chi connectivity index (χ0v) is 13.7. The lowest BCUT2D eigenvalue weighted by atomic mass is 9.93. The van der Waals surface area contributed by atoms with Crippen molar-refractivity contribution in [2.45, 2.75) is 38.8 Å². The first-order valence-electron chi connectivity index (χ1n) is 7.69. The van der Waals surface area contributed by atoms with Crippen LogP contribution in [-0.4, -0.2) is 39.2 Å². The van der Waals surface area contributed by atoms with E-state index in [0.29, 0.717) is 6.61 Å². The Labute approximate surface area is 131 Å². The van der Waals surface area contributed by atoms with Gasteiger partial charge >= 0.3 is 0 Å². The molecule has 0 N–H and O–H groups in total. The molecule has 1 fully saturated rings. The van der Waals surface area contributed by atoms with Gasteiger partial charge in [-0.3, -0.25) is 4.90 Å². The Morgan fingerprint density at radius 1 is 1.36 bits per heavy atom. The largest absolute Gasteiger partial charge is 0.447 e. The molecule has 1 aliphatic rings. The van der Waals surface area contributed by atoms with E-state index >= 15 is 0 Å². The van der Waals surface area contributed by atoms with Crippen molar-refractivity contribution in [1.82, 2.24) is 19.4 Å². The van der Waals surface area contributed by atoms with Crippen LogP contribution in [0.15, 0.2) is 23.1 Å². The molecule has 2 aromatic heterocycles. The molecule has 0 aromatic carbocycles. The molecule has 0 spiro atoms. The first-order valence-corrected chi connectivity index (χ1v) is 7.69. The maximum atomic E-state index is 5.75. The van der Waals surface area contributed by atoms with Crippen LogP contribution in [0.3, 0.4) is 0 Å². The minimum Gasteiger partial charge on any atom is -0.447 e. The van der Waals surface area contributed by atoms with E-state index in [1.165, 1.54) is 0 Å². The number of nitrogens with zero attached hydrogens (tertiary/aromatic N) is 4. The highest BCUT2D eigenvalue weighted by Crippen LogP contribution is 2.28. The normalized spacial score (nSPS) is 20.5. The average molecular weight is 304 g/mol. The van der Waals surface area contributed by atoms with Crippen LogP contribution < -0.4 is 0 Å². The average Bonchev–Trinajstić information content (AvgIpc) is 3.09. The van der Waals surface area contributed by atoms with Crippen LogP contribution in [0.5, 0.6) is 0 Å². The molecule has 3 rings (SSSR count). The molecule has 0 bridgehead atoms. The van der Waals surface area contributed by atoms with Crippen LogP contribution in [0.1, 0.15) is 44.2 Å². The number of hydrogen-bond acceptors (Lipinski definition) is 5. The predicted molar refractivity (Wildman–Crippen MR) is 82.4 cm³/mol. The van der Waals surface area contributed by atoms with Gasteiger partial charge in [-0.2, -0.15) is 0 Å². The summed E-state index contributed by atoms with van der Waals surface area (Å²) in [6.07, 6.45) is 5.56. The van der Waals surface area contributed by atoms with E-state index in [4.69, 9.17) is 14.1 Å². The van der Waals surface area contributed by atoms with Gasteiger partial charge in [-0.05, 0) is 0 Å². The summed E-state index contributed by atoms with van der Waals surface area (Å²) in [6.45, 7) is 9.37. The Balaban J connectivity index is 1.80. The molecular formula is C16H24N4O2. The maximum absolute atomic E-state index is 5.75. The second-order valence-corrected chi connectivity index (χ2v) is 6.84. The number of rotatable bonds is 3. The zero-order valence-electron chi connectivity index (χ0n) is 13.7. The smallest absolute Gasteiger partial charge is 0.214 e. The second kappa shape index (κ2) is 5.85. The fourth-order valence-corrected chi connectivity index (χ4v) is 2.57. The van der Waals surface area contributed by atoms with Gasteiger partial charge in [-0.1, -0.05) is 20.8 Å². The van der Waals surface area contributed by atoms with Gasteiger partial charge in [-0.25, -0.2) is 9.97 Å². The lowest BCUT2D eigenvalue weighted by molar-refractivity contribution is -0.0237. The number of morpholine rings is 1. The van der Waals surface area contributed by atoms with E-state index in [0.717, 1.165) is 37.1 Å². The first kappa shape index (κ1) is 15.2. The molecule has 2 aromatic rings. The summed E-state index contributed by atoms with van der Waals surface area (Å²) in [6, 6.07) is 0.0431. The van der Waals surface area contributed by atoms with E-state index < -0.39 is 0 Å². The van der Waals surface area contributed by atoms with E-state index in [2.05, 4.69) is 30.7 Å². The number of hydrogen-bond donors (Lipinski definition) is 0. The van der Waals surface area contributed by atoms with Crippen molar-refractivity contribution >= 4 is 0 Å². The van der Waals surface area contributed by atoms with Crippen LogP contribution in [0, 0.1) is 0 Å². The van der Waals surface area contributed by atoms with E-state index in [9.17, 15) is 0 Å². The molecule has 0 aliphatic carbocycles. The van der Waals surface area contributed by atoms with Gasteiger partial charge in [0.05, 0.1) is 25.5 Å². The third kappa shape index (κ3) is 3.08. The summed E-state index contributed by atoms with van der Waals surface area (Å²) in [5, 5.41) is 0. The van der Waals surface area contributed by atoms with Crippen molar-refractivity contribution in [3.8, 4) is 0 Å². The minimum atomic E-state index is -0.0121. The van der Waals surface area contributed by atoms with Crippen molar-refractivity contribution in [2.75, 3.05) is 19.8 Å². The predicted octanol–water partition coefficient (Wildman–Crippen LogP) is 2.28. The first-order chi connectivity index (χ1) is 10.4. The molecule has 6 nitrogen and oxygen atoms in total. The van der Waals surface area contributed by atoms with E-state index in [1.54, 1.807) is 6.26 Å². The molecule has 120 valence electrons. The van der Waals surface area contributed by atoms with Crippen LogP contribution in [0.25, 0.3) is 0 Å². The molecule has 0 amide bonds. The van der Waals surface area contributed by atoms with Crippen molar-refractivity contribution in [2.24, 2.45) is 7.05 Å². The minimum absolute atomic E-state index is 0.0121. The lowest BCUT2D eigenvalue weighted by Gasteiger charge is -2.33. The van der Waals surface area contributed by atoms with Gasteiger partial charge in [0.15, 0.2) is 0 Å². The summed E-state index contributed by atoms with van der Waals surface area (Å²) in [5.74, 6) is 1.77. The maximum Gasteiger partial charge on any atom is 0.214 e. The molecule has 1 aliphatic heterocycles. The van der Waals surface area contributed by atoms with Crippen LogP contribution in [-0.2, 0) is 23.7 Å². The SMILES string of the molecule is Cn1ccnc1CN1CCOC[C@H]1c1nc(C(C)(C)C)co1. The number of oxazole rings is 1. The third-order valence-electron chi connectivity index (χ3n) is 4.08. The summed E-state index contributed by atoms with van der Waals surface area (Å²) < 4.78 is 13.4. The molecule has 6 heteroatoms. The molecule has 0 unspecified atom stereocenters. The third-order valence-corrected chi connectivity index (χ3v) is 4.08. The summed E-state index contributed by atoms with van der Waals surface area (Å²) >= 11 is 0. The lowest BCUT2D eigenvalue weighted by Crippen LogP contribution is -2.39. The molecule has 1 atom stereocenters. The number of aromatic nitrogens is 3. The standard InChI is InChI=1S/C16H24N4O2/c1-16(2,3)13-11-22-15(18-13)12-10-21-8-7-20(12)9-14-17-5-6-19(14)4/h5-6,11-12H,7-10H2,1-4H3/t12-/m0/s1. The highest BCUT2D eigenvalue weighted by atomic mass is 16.5. The summed E-state index contributed by atoms with van der Waals surface area (Å²) in [4.78, 5) is 11.4. The monoisotopic (exact) mass is 304 g/mol. The Bertz CT molecular complexity index is 626.